The highest BCUT2D eigenvalue weighted by Gasteiger charge is 1.99. The minimum atomic E-state index is -0.0617. The average molecular weight is 286 g/mol. The molecule has 1 aromatic heterocycles. The van der Waals surface area contributed by atoms with Crippen LogP contribution in [-0.4, -0.2) is 24.1 Å². The standard InChI is InChI=1S/C16H18N2O3/c1-13(19)17-11-14-7-8-16(18-12-14)21-10-9-20-15-5-3-2-4-6-15/h2-8,12H,9-11H2,1H3,(H,17,19). The number of hydrogen-bond donors (Lipinski definition) is 1. The number of benzene rings is 1. The van der Waals surface area contributed by atoms with Gasteiger partial charge < -0.3 is 14.8 Å². The van der Waals surface area contributed by atoms with E-state index >= 15 is 0 Å². The summed E-state index contributed by atoms with van der Waals surface area (Å²) in [4.78, 5) is 15.0. The highest BCUT2D eigenvalue weighted by molar-refractivity contribution is 5.72. The molecule has 0 fully saturated rings. The Kier molecular flexibility index (Phi) is 5.58. The van der Waals surface area contributed by atoms with Gasteiger partial charge in [-0.25, -0.2) is 4.98 Å². The average Bonchev–Trinajstić information content (AvgIpc) is 2.52. The van der Waals surface area contributed by atoms with Crippen molar-refractivity contribution in [3.05, 3.63) is 54.2 Å². The lowest BCUT2D eigenvalue weighted by molar-refractivity contribution is -0.119. The summed E-state index contributed by atoms with van der Waals surface area (Å²) >= 11 is 0. The van der Waals surface area contributed by atoms with Gasteiger partial charge in [0, 0.05) is 25.7 Å². The number of carbonyl (C=O) groups excluding carboxylic acids is 1. The Morgan fingerprint density at radius 2 is 1.86 bits per heavy atom. The third-order valence-electron chi connectivity index (χ3n) is 2.68. The molecule has 5 nitrogen and oxygen atoms in total. The number of pyridine rings is 1. The number of ether oxygens (including phenoxy) is 2. The third kappa shape index (κ3) is 5.52. The number of nitrogens with zero attached hydrogens (tertiary/aromatic N) is 1. The molecule has 0 aliphatic carbocycles. The first-order valence-electron chi connectivity index (χ1n) is 6.74. The molecule has 21 heavy (non-hydrogen) atoms. The molecule has 1 N–H and O–H groups in total. The van der Waals surface area contributed by atoms with Crippen LogP contribution in [0.2, 0.25) is 0 Å². The van der Waals surface area contributed by atoms with Gasteiger partial charge in [0.15, 0.2) is 0 Å². The van der Waals surface area contributed by atoms with Crippen LogP contribution in [0.3, 0.4) is 0 Å². The number of aromatic nitrogens is 1. The number of carbonyl (C=O) groups is 1. The molecule has 0 saturated carbocycles. The molecule has 5 heteroatoms. The summed E-state index contributed by atoms with van der Waals surface area (Å²) in [6.07, 6.45) is 1.68. The molecule has 2 aromatic rings. The van der Waals surface area contributed by atoms with E-state index in [9.17, 15) is 4.79 Å². The lowest BCUT2D eigenvalue weighted by atomic mass is 10.3. The van der Waals surface area contributed by atoms with Crippen molar-refractivity contribution in [2.24, 2.45) is 0 Å². The third-order valence-corrected chi connectivity index (χ3v) is 2.68. The second-order valence-corrected chi connectivity index (χ2v) is 4.42. The van der Waals surface area contributed by atoms with Crippen LogP contribution in [0, 0.1) is 0 Å². The zero-order valence-corrected chi connectivity index (χ0v) is 11.9. The van der Waals surface area contributed by atoms with Crippen LogP contribution in [0.25, 0.3) is 0 Å². The van der Waals surface area contributed by atoms with E-state index < -0.39 is 0 Å². The van der Waals surface area contributed by atoms with Gasteiger partial charge in [0.05, 0.1) is 0 Å². The molecule has 1 heterocycles. The largest absolute Gasteiger partial charge is 0.490 e. The van der Waals surface area contributed by atoms with Crippen molar-refractivity contribution in [2.75, 3.05) is 13.2 Å². The molecule has 0 unspecified atom stereocenters. The van der Waals surface area contributed by atoms with Crippen LogP contribution in [0.1, 0.15) is 12.5 Å². The molecule has 110 valence electrons. The molecular weight excluding hydrogens is 268 g/mol. The number of para-hydroxylation sites is 1. The Labute approximate surface area is 123 Å². The van der Waals surface area contributed by atoms with Crippen molar-refractivity contribution in [1.29, 1.82) is 0 Å². The summed E-state index contributed by atoms with van der Waals surface area (Å²) in [5.74, 6) is 1.30. The first-order valence-corrected chi connectivity index (χ1v) is 6.74. The zero-order chi connectivity index (χ0) is 14.9. The van der Waals surface area contributed by atoms with Crippen LogP contribution in [-0.2, 0) is 11.3 Å². The Bertz CT molecular complexity index is 555. The number of amides is 1. The Hall–Kier alpha value is -2.56. The fourth-order valence-corrected chi connectivity index (χ4v) is 1.65. The molecule has 0 bridgehead atoms. The molecule has 0 radical (unpaired) electrons. The predicted octanol–water partition coefficient (Wildman–Crippen LogP) is 2.18. The first kappa shape index (κ1) is 14.8. The Morgan fingerprint density at radius 3 is 2.52 bits per heavy atom. The van der Waals surface area contributed by atoms with Crippen molar-refractivity contribution in [3.8, 4) is 11.6 Å². The summed E-state index contributed by atoms with van der Waals surface area (Å²) < 4.78 is 11.0. The van der Waals surface area contributed by atoms with Crippen molar-refractivity contribution < 1.29 is 14.3 Å². The van der Waals surface area contributed by atoms with E-state index in [-0.39, 0.29) is 5.91 Å². The van der Waals surface area contributed by atoms with Crippen LogP contribution in [0.4, 0.5) is 0 Å². The van der Waals surface area contributed by atoms with E-state index in [0.29, 0.717) is 25.6 Å². The van der Waals surface area contributed by atoms with Crippen LogP contribution in [0.5, 0.6) is 11.6 Å². The van der Waals surface area contributed by atoms with E-state index in [1.807, 2.05) is 36.4 Å². The number of hydrogen-bond acceptors (Lipinski definition) is 4. The highest BCUT2D eigenvalue weighted by Crippen LogP contribution is 2.09. The van der Waals surface area contributed by atoms with E-state index in [2.05, 4.69) is 10.3 Å². The maximum atomic E-state index is 10.8. The van der Waals surface area contributed by atoms with E-state index in [1.54, 1.807) is 12.3 Å². The first-order chi connectivity index (χ1) is 10.2. The fourth-order valence-electron chi connectivity index (χ4n) is 1.65. The van der Waals surface area contributed by atoms with Crippen molar-refractivity contribution in [1.82, 2.24) is 10.3 Å². The Balaban J connectivity index is 1.70. The van der Waals surface area contributed by atoms with Gasteiger partial charge in [0.25, 0.3) is 0 Å². The summed E-state index contributed by atoms with van der Waals surface area (Å²) in [6, 6.07) is 13.2. The smallest absolute Gasteiger partial charge is 0.217 e. The highest BCUT2D eigenvalue weighted by atomic mass is 16.5. The molecule has 1 amide bonds. The normalized spacial score (nSPS) is 9.95. The second-order valence-electron chi connectivity index (χ2n) is 4.42. The SMILES string of the molecule is CC(=O)NCc1ccc(OCCOc2ccccc2)nc1. The monoisotopic (exact) mass is 286 g/mol. The lowest BCUT2D eigenvalue weighted by Gasteiger charge is -2.08. The van der Waals surface area contributed by atoms with Gasteiger partial charge in [-0.2, -0.15) is 0 Å². The van der Waals surface area contributed by atoms with Gasteiger partial charge in [-0.15, -0.1) is 0 Å². The summed E-state index contributed by atoms with van der Waals surface area (Å²) in [5, 5.41) is 2.71. The zero-order valence-electron chi connectivity index (χ0n) is 11.9. The second kappa shape index (κ2) is 7.89. The lowest BCUT2D eigenvalue weighted by Crippen LogP contribution is -2.19. The molecule has 0 saturated heterocycles. The predicted molar refractivity (Wildman–Crippen MR) is 79.2 cm³/mol. The number of nitrogens with one attached hydrogen (secondary N) is 1. The van der Waals surface area contributed by atoms with E-state index in [0.717, 1.165) is 11.3 Å². The molecular formula is C16H18N2O3. The molecule has 0 aliphatic rings. The summed E-state index contributed by atoms with van der Waals surface area (Å²) in [7, 11) is 0. The minimum absolute atomic E-state index is 0.0617. The molecule has 1 aromatic carbocycles. The number of rotatable bonds is 7. The Morgan fingerprint density at radius 1 is 1.10 bits per heavy atom. The molecule has 0 aliphatic heterocycles. The van der Waals surface area contributed by atoms with Crippen LogP contribution in [0.15, 0.2) is 48.7 Å². The van der Waals surface area contributed by atoms with Crippen LogP contribution < -0.4 is 14.8 Å². The molecule has 0 spiro atoms. The van der Waals surface area contributed by atoms with Gasteiger partial charge in [0.1, 0.15) is 19.0 Å². The summed E-state index contributed by atoms with van der Waals surface area (Å²) in [5.41, 5.74) is 0.929. The van der Waals surface area contributed by atoms with Gasteiger partial charge in [0.2, 0.25) is 11.8 Å². The van der Waals surface area contributed by atoms with Crippen LogP contribution >= 0.6 is 0 Å². The maximum Gasteiger partial charge on any atom is 0.217 e. The van der Waals surface area contributed by atoms with Gasteiger partial charge in [-0.3, -0.25) is 4.79 Å². The molecule has 2 rings (SSSR count). The topological polar surface area (TPSA) is 60.5 Å². The fraction of sp³-hybridized carbons (Fsp3) is 0.250. The van der Waals surface area contributed by atoms with E-state index in [4.69, 9.17) is 9.47 Å². The summed E-state index contributed by atoms with van der Waals surface area (Å²) in [6.45, 7) is 2.84. The van der Waals surface area contributed by atoms with Gasteiger partial charge >= 0.3 is 0 Å². The van der Waals surface area contributed by atoms with Crippen molar-refractivity contribution in [2.45, 2.75) is 13.5 Å². The molecule has 0 atom stereocenters. The van der Waals surface area contributed by atoms with Gasteiger partial charge in [-0.05, 0) is 17.7 Å². The maximum absolute atomic E-state index is 10.8. The quantitative estimate of drug-likeness (QED) is 0.792. The van der Waals surface area contributed by atoms with Crippen molar-refractivity contribution in [3.63, 3.8) is 0 Å². The van der Waals surface area contributed by atoms with Gasteiger partial charge in [-0.1, -0.05) is 24.3 Å². The minimum Gasteiger partial charge on any atom is -0.490 e. The van der Waals surface area contributed by atoms with Crippen molar-refractivity contribution >= 4 is 5.91 Å². The van der Waals surface area contributed by atoms with E-state index in [1.165, 1.54) is 6.92 Å².